The van der Waals surface area contributed by atoms with Gasteiger partial charge in [-0.1, -0.05) is 0 Å². The molecular formula is C16H22N4. The van der Waals surface area contributed by atoms with E-state index in [0.29, 0.717) is 0 Å². The van der Waals surface area contributed by atoms with Crippen molar-refractivity contribution in [2.75, 3.05) is 23.3 Å². The molecule has 0 atom stereocenters. The van der Waals surface area contributed by atoms with Crippen LogP contribution < -0.4 is 10.2 Å². The molecule has 0 saturated carbocycles. The van der Waals surface area contributed by atoms with E-state index < -0.39 is 0 Å². The summed E-state index contributed by atoms with van der Waals surface area (Å²) in [6.07, 6.45) is 10.1. The Morgan fingerprint density at radius 3 is 2.65 bits per heavy atom. The van der Waals surface area contributed by atoms with E-state index in [1.807, 2.05) is 13.2 Å². The number of nitrogens with one attached hydrogen (secondary N) is 1. The molecule has 4 heteroatoms. The fourth-order valence-corrected chi connectivity index (χ4v) is 2.67. The summed E-state index contributed by atoms with van der Waals surface area (Å²) in [6.45, 7) is 3.12. The van der Waals surface area contributed by atoms with Crippen LogP contribution in [0.3, 0.4) is 0 Å². The summed E-state index contributed by atoms with van der Waals surface area (Å²) in [4.78, 5) is 6.96. The number of pyridine rings is 1. The van der Waals surface area contributed by atoms with Crippen LogP contribution in [-0.4, -0.2) is 22.6 Å². The van der Waals surface area contributed by atoms with Crippen molar-refractivity contribution in [1.29, 1.82) is 0 Å². The van der Waals surface area contributed by atoms with Gasteiger partial charge < -0.3 is 14.8 Å². The van der Waals surface area contributed by atoms with Crippen molar-refractivity contribution in [2.45, 2.75) is 25.8 Å². The highest BCUT2D eigenvalue weighted by Crippen LogP contribution is 2.19. The second-order valence-electron chi connectivity index (χ2n) is 5.49. The van der Waals surface area contributed by atoms with E-state index >= 15 is 0 Å². The van der Waals surface area contributed by atoms with Crippen LogP contribution in [0.1, 0.15) is 24.8 Å². The van der Waals surface area contributed by atoms with E-state index in [1.165, 1.54) is 24.8 Å². The third-order valence-electron chi connectivity index (χ3n) is 3.82. The van der Waals surface area contributed by atoms with Gasteiger partial charge in [0, 0.05) is 39.1 Å². The van der Waals surface area contributed by atoms with E-state index in [4.69, 9.17) is 0 Å². The number of aryl methyl sites for hydroxylation is 1. The number of nitrogens with zero attached hydrogens (tertiary/aromatic N) is 3. The molecule has 1 aliphatic rings. The number of hydrogen-bond donors (Lipinski definition) is 1. The lowest BCUT2D eigenvalue weighted by Crippen LogP contribution is -2.30. The Kier molecular flexibility index (Phi) is 3.90. The summed E-state index contributed by atoms with van der Waals surface area (Å²) in [5.41, 5.74) is 2.36. The van der Waals surface area contributed by atoms with Crippen LogP contribution in [0.25, 0.3) is 0 Å². The van der Waals surface area contributed by atoms with Crippen LogP contribution in [0.2, 0.25) is 0 Å². The van der Waals surface area contributed by atoms with Gasteiger partial charge in [-0.3, -0.25) is 0 Å². The minimum atomic E-state index is 0.839. The molecule has 3 rings (SSSR count). The zero-order valence-corrected chi connectivity index (χ0v) is 12.0. The van der Waals surface area contributed by atoms with Crippen LogP contribution in [0.5, 0.6) is 0 Å². The molecule has 4 nitrogen and oxygen atoms in total. The number of hydrogen-bond acceptors (Lipinski definition) is 3. The molecule has 1 fully saturated rings. The molecular weight excluding hydrogens is 248 g/mol. The molecule has 20 heavy (non-hydrogen) atoms. The van der Waals surface area contributed by atoms with Gasteiger partial charge in [-0.15, -0.1) is 0 Å². The maximum atomic E-state index is 4.58. The average Bonchev–Trinajstić information content (AvgIpc) is 2.92. The molecule has 0 bridgehead atoms. The van der Waals surface area contributed by atoms with Crippen LogP contribution in [-0.2, 0) is 13.6 Å². The number of piperidine rings is 1. The highest BCUT2D eigenvalue weighted by molar-refractivity contribution is 5.49. The van der Waals surface area contributed by atoms with Crippen molar-refractivity contribution in [1.82, 2.24) is 9.55 Å². The first-order valence-electron chi connectivity index (χ1n) is 7.37. The predicted molar refractivity (Wildman–Crippen MR) is 83.0 cm³/mol. The minimum absolute atomic E-state index is 0.839. The minimum Gasteiger partial charge on any atom is -0.380 e. The topological polar surface area (TPSA) is 33.1 Å². The quantitative estimate of drug-likeness (QED) is 0.927. The lowest BCUT2D eigenvalue weighted by Gasteiger charge is -2.27. The van der Waals surface area contributed by atoms with Crippen molar-refractivity contribution in [3.8, 4) is 0 Å². The van der Waals surface area contributed by atoms with Crippen molar-refractivity contribution in [3.05, 3.63) is 42.4 Å². The van der Waals surface area contributed by atoms with Crippen LogP contribution in [0.15, 0.2) is 36.8 Å². The maximum Gasteiger partial charge on any atom is 0.128 e. The molecule has 0 amide bonds. The van der Waals surface area contributed by atoms with Gasteiger partial charge in [-0.25, -0.2) is 4.98 Å². The van der Waals surface area contributed by atoms with E-state index in [9.17, 15) is 0 Å². The molecule has 1 N–H and O–H groups in total. The standard InChI is InChI=1S/C16H22N4/c1-19-10-7-14(13-19)11-17-15-5-6-16(18-12-15)20-8-3-2-4-9-20/h5-7,10,12-13,17H,2-4,8-9,11H2,1H3. The molecule has 0 radical (unpaired) electrons. The van der Waals surface area contributed by atoms with Crippen molar-refractivity contribution in [3.63, 3.8) is 0 Å². The fourth-order valence-electron chi connectivity index (χ4n) is 2.67. The number of aromatic nitrogens is 2. The summed E-state index contributed by atoms with van der Waals surface area (Å²) in [7, 11) is 2.04. The summed E-state index contributed by atoms with van der Waals surface area (Å²) >= 11 is 0. The number of anilines is 2. The van der Waals surface area contributed by atoms with Gasteiger partial charge in [0.1, 0.15) is 5.82 Å². The maximum absolute atomic E-state index is 4.58. The molecule has 2 aromatic heterocycles. The Hall–Kier alpha value is -1.97. The Balaban J connectivity index is 1.58. The third-order valence-corrected chi connectivity index (χ3v) is 3.82. The summed E-state index contributed by atoms with van der Waals surface area (Å²) in [6, 6.07) is 6.38. The van der Waals surface area contributed by atoms with Crippen molar-refractivity contribution >= 4 is 11.5 Å². The first-order chi connectivity index (χ1) is 9.81. The molecule has 0 aromatic carbocycles. The molecule has 1 aliphatic heterocycles. The Morgan fingerprint density at radius 2 is 2.00 bits per heavy atom. The normalized spacial score (nSPS) is 15.3. The second kappa shape index (κ2) is 5.99. The van der Waals surface area contributed by atoms with Crippen LogP contribution in [0.4, 0.5) is 11.5 Å². The van der Waals surface area contributed by atoms with Crippen molar-refractivity contribution < 1.29 is 0 Å². The van der Waals surface area contributed by atoms with Gasteiger partial charge >= 0.3 is 0 Å². The molecule has 0 unspecified atom stereocenters. The highest BCUT2D eigenvalue weighted by atomic mass is 15.2. The monoisotopic (exact) mass is 270 g/mol. The van der Waals surface area contributed by atoms with Gasteiger partial charge in [0.15, 0.2) is 0 Å². The van der Waals surface area contributed by atoms with E-state index in [2.05, 4.69) is 50.4 Å². The third kappa shape index (κ3) is 3.13. The molecule has 0 spiro atoms. The fraction of sp³-hybridized carbons (Fsp3) is 0.438. The lowest BCUT2D eigenvalue weighted by atomic mass is 10.1. The zero-order chi connectivity index (χ0) is 13.8. The van der Waals surface area contributed by atoms with Gasteiger partial charge in [0.05, 0.1) is 11.9 Å². The SMILES string of the molecule is Cn1ccc(CNc2ccc(N3CCCCC3)nc2)c1. The Labute approximate surface area is 120 Å². The predicted octanol–water partition coefficient (Wildman–Crippen LogP) is 3.02. The molecule has 1 saturated heterocycles. The molecule has 106 valence electrons. The number of rotatable bonds is 4. The Morgan fingerprint density at radius 1 is 1.15 bits per heavy atom. The molecule has 0 aliphatic carbocycles. The van der Waals surface area contributed by atoms with E-state index in [1.54, 1.807) is 0 Å². The van der Waals surface area contributed by atoms with E-state index in [-0.39, 0.29) is 0 Å². The second-order valence-corrected chi connectivity index (χ2v) is 5.49. The van der Waals surface area contributed by atoms with Gasteiger partial charge in [-0.05, 0) is 43.0 Å². The molecule has 3 heterocycles. The van der Waals surface area contributed by atoms with Gasteiger partial charge in [0.25, 0.3) is 0 Å². The van der Waals surface area contributed by atoms with Crippen LogP contribution >= 0.6 is 0 Å². The summed E-state index contributed by atoms with van der Waals surface area (Å²) in [5, 5.41) is 3.41. The van der Waals surface area contributed by atoms with E-state index in [0.717, 1.165) is 31.1 Å². The summed E-state index contributed by atoms with van der Waals surface area (Å²) in [5.74, 6) is 1.11. The first kappa shape index (κ1) is 13.0. The zero-order valence-electron chi connectivity index (χ0n) is 12.0. The Bertz CT molecular complexity index is 538. The lowest BCUT2D eigenvalue weighted by molar-refractivity contribution is 0.573. The van der Waals surface area contributed by atoms with Gasteiger partial charge in [-0.2, -0.15) is 0 Å². The first-order valence-corrected chi connectivity index (χ1v) is 7.37. The average molecular weight is 270 g/mol. The van der Waals surface area contributed by atoms with Crippen LogP contribution in [0, 0.1) is 0 Å². The highest BCUT2D eigenvalue weighted by Gasteiger charge is 2.11. The van der Waals surface area contributed by atoms with Gasteiger partial charge in [0.2, 0.25) is 0 Å². The summed E-state index contributed by atoms with van der Waals surface area (Å²) < 4.78 is 2.06. The smallest absolute Gasteiger partial charge is 0.128 e. The van der Waals surface area contributed by atoms with Crippen molar-refractivity contribution in [2.24, 2.45) is 7.05 Å². The largest absolute Gasteiger partial charge is 0.380 e. The molecule has 2 aromatic rings.